The van der Waals surface area contributed by atoms with Gasteiger partial charge in [0.1, 0.15) is 12.6 Å². The molecule has 0 spiro atoms. The van der Waals surface area contributed by atoms with Crippen LogP contribution in [0.1, 0.15) is 49.7 Å². The first-order valence-corrected chi connectivity index (χ1v) is 15.4. The second-order valence-corrected chi connectivity index (χ2v) is 11.9. The van der Waals surface area contributed by atoms with Crippen LogP contribution in [0.2, 0.25) is 0 Å². The van der Waals surface area contributed by atoms with E-state index in [4.69, 9.17) is 0 Å². The van der Waals surface area contributed by atoms with Crippen molar-refractivity contribution in [2.75, 3.05) is 7.05 Å². The van der Waals surface area contributed by atoms with E-state index < -0.39 is 0 Å². The molecule has 0 N–H and O–H groups in total. The predicted molar refractivity (Wildman–Crippen MR) is 176 cm³/mol. The largest absolute Gasteiger partial charge is 0.341 e. The van der Waals surface area contributed by atoms with Gasteiger partial charge in [0.2, 0.25) is 29.5 Å². The zero-order valence-corrected chi connectivity index (χ0v) is 25.3. The summed E-state index contributed by atoms with van der Waals surface area (Å²) in [5.74, 6) is 0. The molecule has 4 aromatic rings. The molecule has 2 aromatic heterocycles. The van der Waals surface area contributed by atoms with Crippen LogP contribution in [0.5, 0.6) is 0 Å². The normalized spacial score (nSPS) is 17.2. The van der Waals surface area contributed by atoms with Crippen LogP contribution in [-0.4, -0.2) is 36.8 Å². The zero-order valence-electron chi connectivity index (χ0n) is 25.3. The average molecular weight is 561 g/mol. The summed E-state index contributed by atoms with van der Waals surface area (Å²) in [6.07, 6.45) is 10.3. The molecule has 0 saturated carbocycles. The van der Waals surface area contributed by atoms with Crippen molar-refractivity contribution in [1.29, 1.82) is 0 Å². The van der Waals surface area contributed by atoms with Crippen LogP contribution in [0.25, 0.3) is 22.3 Å². The summed E-state index contributed by atoms with van der Waals surface area (Å²) in [5, 5.41) is 2.49. The van der Waals surface area contributed by atoms with Gasteiger partial charge in [0.25, 0.3) is 0 Å². The van der Waals surface area contributed by atoms with Gasteiger partial charge in [-0.3, -0.25) is 4.57 Å². The number of aromatic nitrogens is 2. The molecule has 4 nitrogen and oxygen atoms in total. The molecule has 0 unspecified atom stereocenters. The highest BCUT2D eigenvalue weighted by molar-refractivity contribution is 6.30. The van der Waals surface area contributed by atoms with Gasteiger partial charge < -0.3 is 4.57 Å². The number of hydrogen-bond donors (Lipinski definition) is 0. The predicted octanol–water partition coefficient (Wildman–Crippen LogP) is 5.92. The summed E-state index contributed by atoms with van der Waals surface area (Å²) in [4.78, 5) is 0. The van der Waals surface area contributed by atoms with E-state index in [-0.39, 0.29) is 0 Å². The summed E-state index contributed by atoms with van der Waals surface area (Å²) >= 11 is 0. The molecule has 210 valence electrons. The van der Waals surface area contributed by atoms with Crippen LogP contribution in [0.4, 0.5) is 0 Å². The van der Waals surface area contributed by atoms with E-state index in [2.05, 4.69) is 155 Å². The lowest BCUT2D eigenvalue weighted by Gasteiger charge is -2.19. The van der Waals surface area contributed by atoms with E-state index in [0.717, 1.165) is 19.6 Å². The Bertz CT molecular complexity index is 2150. The topological polar surface area (TPSA) is 15.9 Å². The average Bonchev–Trinajstić information content (AvgIpc) is 3.82. The Labute approximate surface area is 252 Å². The summed E-state index contributed by atoms with van der Waals surface area (Å²) in [7, 11) is 2.21. The number of fused-ring (bicyclic) bond motifs is 3. The minimum atomic E-state index is 0.718. The van der Waals surface area contributed by atoms with Crippen molar-refractivity contribution < 1.29 is 9.15 Å². The second-order valence-electron chi connectivity index (χ2n) is 11.9. The maximum atomic E-state index is 2.55. The SMILES string of the molecule is CCCn1c2ccc1C(c1ccccc1)=c1ccc3n1C[N+]1=C(C=CC1=C2C)C(c1ccccc1)=C1C=CC(=[N+]1C)C=3C. The van der Waals surface area contributed by atoms with Gasteiger partial charge in [-0.25, -0.2) is 0 Å². The molecular formula is C39H36N4+2. The van der Waals surface area contributed by atoms with Crippen molar-refractivity contribution in [3.63, 3.8) is 0 Å². The molecule has 4 aliphatic rings. The summed E-state index contributed by atoms with van der Waals surface area (Å²) in [5.41, 5.74) is 15.1. The summed E-state index contributed by atoms with van der Waals surface area (Å²) in [6.45, 7) is 8.53. The molecule has 43 heavy (non-hydrogen) atoms. The Balaban J connectivity index is 1.61. The molecule has 0 aliphatic carbocycles. The van der Waals surface area contributed by atoms with E-state index in [1.54, 1.807) is 0 Å². The molecule has 2 aromatic carbocycles. The highest BCUT2D eigenvalue weighted by Gasteiger charge is 2.37. The van der Waals surface area contributed by atoms with Crippen LogP contribution in [0.15, 0.2) is 121 Å². The van der Waals surface area contributed by atoms with E-state index >= 15 is 0 Å². The van der Waals surface area contributed by atoms with Crippen LogP contribution in [0, 0.1) is 0 Å². The first-order valence-electron chi connectivity index (χ1n) is 15.4. The number of hydrogen-bond acceptors (Lipinski definition) is 0. The molecular weight excluding hydrogens is 524 g/mol. The van der Waals surface area contributed by atoms with E-state index in [9.17, 15) is 0 Å². The monoisotopic (exact) mass is 560 g/mol. The third-order valence-electron chi connectivity index (χ3n) is 9.48. The molecule has 6 bridgehead atoms. The first-order chi connectivity index (χ1) is 21.1. The lowest BCUT2D eigenvalue weighted by molar-refractivity contribution is -0.501. The third kappa shape index (κ3) is 3.76. The maximum Gasteiger partial charge on any atom is 0.229 e. The minimum absolute atomic E-state index is 0.718. The number of allylic oxidation sites excluding steroid dienone is 6. The Morgan fingerprint density at radius 3 is 1.98 bits per heavy atom. The number of likely N-dealkylation sites (N-methyl/N-ethyl adjacent to an activating group) is 1. The van der Waals surface area contributed by atoms with Gasteiger partial charge in [0, 0.05) is 47.6 Å². The van der Waals surface area contributed by atoms with E-state index in [1.165, 1.54) is 78.3 Å². The molecule has 0 amide bonds. The Kier molecular flexibility index (Phi) is 5.87. The third-order valence-corrected chi connectivity index (χ3v) is 9.48. The molecule has 8 rings (SSSR count). The standard InChI is InChI=1S/C39H36N4/c1-5-24-41-31-17-21-35(41)39(29-14-10-7-11-15-29)37-23-18-32-26(2)30-16-20-34(40(30)4)38(28-12-8-6-9-13-28)36-22-19-33(27(31)3)43(36)25-42(32)37/h6-23H,5,24-25H2,1-4H3/q+2. The summed E-state index contributed by atoms with van der Waals surface area (Å²) in [6, 6.07) is 31.2. The van der Waals surface area contributed by atoms with Crippen molar-refractivity contribution in [1.82, 2.24) is 9.13 Å². The number of nitrogens with zero attached hydrogens (tertiary/aromatic N) is 4. The van der Waals surface area contributed by atoms with Crippen LogP contribution >= 0.6 is 0 Å². The van der Waals surface area contributed by atoms with Gasteiger partial charge in [-0.1, -0.05) is 67.6 Å². The first kappa shape index (κ1) is 25.7. The smallest absolute Gasteiger partial charge is 0.229 e. The maximum absolute atomic E-state index is 2.55. The Hall–Kier alpha value is -4.96. The van der Waals surface area contributed by atoms with Gasteiger partial charge in [-0.05, 0) is 55.7 Å². The Morgan fingerprint density at radius 1 is 0.628 bits per heavy atom. The number of rotatable bonds is 4. The van der Waals surface area contributed by atoms with E-state index in [0.29, 0.717) is 0 Å². The fourth-order valence-electron chi connectivity index (χ4n) is 7.42. The van der Waals surface area contributed by atoms with Crippen molar-refractivity contribution in [3.05, 3.63) is 154 Å². The quantitative estimate of drug-likeness (QED) is 0.276. The molecule has 4 heteroatoms. The fourth-order valence-corrected chi connectivity index (χ4v) is 7.42. The highest BCUT2D eigenvalue weighted by atomic mass is 15.2. The van der Waals surface area contributed by atoms with Crippen LogP contribution in [0.3, 0.4) is 0 Å². The highest BCUT2D eigenvalue weighted by Crippen LogP contribution is 2.34. The van der Waals surface area contributed by atoms with Crippen LogP contribution in [-0.2, 0) is 13.2 Å². The molecule has 4 aliphatic heterocycles. The molecule has 0 atom stereocenters. The minimum Gasteiger partial charge on any atom is -0.341 e. The van der Waals surface area contributed by atoms with Crippen molar-refractivity contribution >= 4 is 33.7 Å². The molecule has 0 radical (unpaired) electrons. The molecule has 6 heterocycles. The second kappa shape index (κ2) is 9.81. The molecule has 0 saturated heterocycles. The lowest BCUT2D eigenvalue weighted by Crippen LogP contribution is -2.37. The van der Waals surface area contributed by atoms with Gasteiger partial charge in [0.15, 0.2) is 0 Å². The van der Waals surface area contributed by atoms with Crippen molar-refractivity contribution in [2.45, 2.75) is 40.4 Å². The molecule has 0 fully saturated rings. The summed E-state index contributed by atoms with van der Waals surface area (Å²) < 4.78 is 10.0. The van der Waals surface area contributed by atoms with E-state index in [1.807, 2.05) is 0 Å². The fraction of sp³-hybridized carbons (Fsp3) is 0.179. The van der Waals surface area contributed by atoms with Crippen molar-refractivity contribution in [3.8, 4) is 0 Å². The zero-order chi connectivity index (χ0) is 29.2. The van der Waals surface area contributed by atoms with Gasteiger partial charge in [-0.2, -0.15) is 9.15 Å². The lowest BCUT2D eigenvalue weighted by atomic mass is 9.98. The van der Waals surface area contributed by atoms with Crippen LogP contribution < -0.4 is 10.7 Å². The van der Waals surface area contributed by atoms with Gasteiger partial charge >= 0.3 is 0 Å². The Morgan fingerprint density at radius 2 is 1.26 bits per heavy atom. The number of benzene rings is 2. The van der Waals surface area contributed by atoms with Gasteiger partial charge in [0.05, 0.1) is 22.1 Å². The van der Waals surface area contributed by atoms with Gasteiger partial charge in [-0.15, -0.1) is 0 Å². The van der Waals surface area contributed by atoms with Crippen molar-refractivity contribution in [2.24, 2.45) is 0 Å².